The van der Waals surface area contributed by atoms with Crippen molar-refractivity contribution in [2.45, 2.75) is 115 Å². The van der Waals surface area contributed by atoms with E-state index in [1.54, 1.807) is 64.3 Å². The molecule has 10 rings (SSSR count). The molecule has 1 aliphatic carbocycles. The third-order valence-corrected chi connectivity index (χ3v) is 18.3. The molecule has 2 saturated heterocycles. The number of imidazole rings is 2. The molecule has 7 aromatic rings. The van der Waals surface area contributed by atoms with Gasteiger partial charge in [-0.2, -0.15) is 0 Å². The minimum atomic E-state index is -1.24. The van der Waals surface area contributed by atoms with Crippen molar-refractivity contribution in [2.24, 2.45) is 5.92 Å². The van der Waals surface area contributed by atoms with E-state index in [1.165, 1.54) is 11.9 Å². The molecular weight excluding hydrogens is 1190 g/mol. The van der Waals surface area contributed by atoms with E-state index in [9.17, 15) is 19.8 Å². The quantitative estimate of drug-likeness (QED) is 0.0345. The second-order valence-corrected chi connectivity index (χ2v) is 25.2. The summed E-state index contributed by atoms with van der Waals surface area (Å²) in [7, 11) is 0. The van der Waals surface area contributed by atoms with Gasteiger partial charge in [-0.05, 0) is 35.4 Å². The van der Waals surface area contributed by atoms with Crippen LogP contribution in [0.15, 0.2) is 109 Å². The molecule has 5 N–H and O–H groups in total. The number of anilines is 1. The van der Waals surface area contributed by atoms with Crippen molar-refractivity contribution in [2.75, 3.05) is 23.2 Å². The number of fused-ring (bicyclic) bond motifs is 2. The van der Waals surface area contributed by atoms with E-state index in [4.69, 9.17) is 56.1 Å². The van der Waals surface area contributed by atoms with Crippen molar-refractivity contribution in [3.8, 4) is 0 Å². The Kier molecular flexibility index (Phi) is 17.3. The first kappa shape index (κ1) is 56.3. The zero-order valence-corrected chi connectivity index (χ0v) is 49.0. The van der Waals surface area contributed by atoms with Gasteiger partial charge >= 0.3 is 393 Å². The predicted octanol–water partition coefficient (Wildman–Crippen LogP) is 7.47. The van der Waals surface area contributed by atoms with Gasteiger partial charge in [0.15, 0.2) is 0 Å². The van der Waals surface area contributed by atoms with Crippen molar-refractivity contribution in [3.63, 3.8) is 0 Å². The van der Waals surface area contributed by atoms with Gasteiger partial charge in [-0.25, -0.2) is 4.98 Å². The first-order chi connectivity index (χ1) is 37.4. The molecule has 5 atom stereocenters. The molecule has 1 saturated carbocycles. The van der Waals surface area contributed by atoms with Gasteiger partial charge in [0.05, 0.1) is 11.0 Å². The number of aromatic nitrogens is 6. The molecule has 3 aromatic heterocycles. The zero-order valence-electron chi connectivity index (χ0n) is 43.8. The fourth-order valence-corrected chi connectivity index (χ4v) is 12.9. The summed E-state index contributed by atoms with van der Waals surface area (Å²) in [6.45, 7) is 11.5. The Morgan fingerprint density at radius 3 is 2.21 bits per heavy atom. The number of H-pyrrole nitrogens is 1. The predicted molar refractivity (Wildman–Crippen MR) is 304 cm³/mol. The van der Waals surface area contributed by atoms with Crippen LogP contribution in [0.3, 0.4) is 0 Å². The number of nitrogens with one attached hydrogen (secondary N) is 3. The van der Waals surface area contributed by atoms with Crippen molar-refractivity contribution in [3.05, 3.63) is 157 Å². The van der Waals surface area contributed by atoms with E-state index in [1.807, 2.05) is 30.3 Å². The number of aromatic amines is 1. The van der Waals surface area contributed by atoms with Crippen LogP contribution in [0, 0.1) is 5.92 Å². The van der Waals surface area contributed by atoms with Crippen LogP contribution in [0.4, 0.5) is 5.82 Å². The number of piperidine rings is 1. The van der Waals surface area contributed by atoms with Crippen LogP contribution in [-0.2, 0) is 32.6 Å². The Hall–Kier alpha value is -4.99. The number of Topliss-reactive ketones (excluding diaryl/α,β-unsaturated/α-hetero) is 1. The summed E-state index contributed by atoms with van der Waals surface area (Å²) in [5, 5.41) is 24.5. The Morgan fingerprint density at radius 2 is 1.56 bits per heavy atom. The number of hydrogen-bond donors (Lipinski definition) is 5. The average molecular weight is 1250 g/mol. The number of aliphatic hydroxyl groups is 2. The number of amides is 1. The van der Waals surface area contributed by atoms with Crippen LogP contribution in [-0.4, -0.2) is 117 Å². The summed E-state index contributed by atoms with van der Waals surface area (Å²) in [5.74, 6) is 1.58. The maximum absolute atomic E-state index is 14.9. The van der Waals surface area contributed by atoms with Gasteiger partial charge in [0.25, 0.3) is 0 Å². The summed E-state index contributed by atoms with van der Waals surface area (Å²) < 4.78 is 15.1. The van der Waals surface area contributed by atoms with Gasteiger partial charge < -0.3 is 4.98 Å². The number of halogens is 5. The number of likely N-dealkylation sites (tertiary alicyclic amines) is 1. The minimum Gasteiger partial charge on any atom is -0.342 e. The molecular formula is C58H62Cl4IN10O5-. The van der Waals surface area contributed by atoms with E-state index >= 15 is 0 Å². The first-order valence-corrected chi connectivity index (χ1v) is 29.8. The molecule has 0 radical (unpaired) electrons. The number of hydrogen-bond acceptors (Lipinski definition) is 12. The third kappa shape index (κ3) is 12.6. The van der Waals surface area contributed by atoms with E-state index in [-0.39, 0.29) is 36.2 Å². The van der Waals surface area contributed by atoms with Crippen molar-refractivity contribution >= 4 is 98.3 Å². The second kappa shape index (κ2) is 24.0. The van der Waals surface area contributed by atoms with Gasteiger partial charge in [0, 0.05) is 6.42 Å². The number of benzene rings is 4. The van der Waals surface area contributed by atoms with Crippen molar-refractivity contribution in [1.82, 2.24) is 42.8 Å². The number of carbonyl (C=O) groups excluding carboxylic acids is 2. The molecule has 20 heteroatoms. The van der Waals surface area contributed by atoms with Crippen LogP contribution < -0.4 is 28.8 Å². The van der Waals surface area contributed by atoms with Crippen molar-refractivity contribution in [1.29, 1.82) is 0 Å². The third-order valence-electron chi connectivity index (χ3n) is 15.0. The van der Waals surface area contributed by atoms with E-state index < -0.39 is 52.3 Å². The zero-order chi connectivity index (χ0) is 55.0. The number of aliphatic hydroxyl groups excluding tert-OH is 2. The molecule has 2 unspecified atom stereocenters. The summed E-state index contributed by atoms with van der Waals surface area (Å²) in [6, 6.07) is 26.2. The van der Waals surface area contributed by atoms with Crippen LogP contribution in [0.1, 0.15) is 88.2 Å². The number of ketones is 1. The summed E-state index contributed by atoms with van der Waals surface area (Å²) >= 11 is 24.0. The second-order valence-electron chi connectivity index (χ2n) is 21.8. The summed E-state index contributed by atoms with van der Waals surface area (Å²) in [5.41, 5.74) is 7.32. The molecule has 3 fully saturated rings. The standard InChI is InChI=1S/C58H62Cl4IN10O5/c1-32(2)72(40-21-36(22-40)13-18-49-67-45-17-14-39(58(3,4)5)26-46(45)68-49)29-48-52(75)53(76)57(78-48)73-31-66-50-54(64-30-65-55(50)73)70-63-69-47(25-33-9-7-6-8-10-33)56(77)71-27-37(19-34-11-15-41(59)43(61)23-34)51(74)38(28-71)20-35-12-16-42(60)44(62)24-35/h6-12,14-17,19-20,23-24,26,30-32,36,40,47-48,52-53,57,69,75-76H,13,18,21-22,25,27-29H2,1-5H3,(H,67,68)(H,64,65,70)/q-1/b37-19+,38-20+/t36?,40?,47-,48-,52?,53?,57-/m1/s1. The van der Waals surface area contributed by atoms with Gasteiger partial charge in [-0.15, -0.1) is 0 Å². The minimum absolute atomic E-state index is 0.0462. The molecule has 5 heterocycles. The average Bonchev–Trinajstić information content (AvgIpc) is 4.14. The Morgan fingerprint density at radius 1 is 0.885 bits per heavy atom. The molecule has 78 heavy (non-hydrogen) atoms. The van der Waals surface area contributed by atoms with Gasteiger partial charge in [0.2, 0.25) is 0 Å². The Bertz CT molecular complexity index is 3320. The fraction of sp³-hybridized carbons (Fsp3) is 0.379. The molecule has 2 aliphatic heterocycles. The molecule has 0 spiro atoms. The number of rotatable bonds is 17. The maximum atomic E-state index is 14.9. The molecule has 4 aromatic carbocycles. The van der Waals surface area contributed by atoms with Crippen LogP contribution in [0.5, 0.6) is 0 Å². The van der Waals surface area contributed by atoms with E-state index in [2.05, 4.69) is 84.7 Å². The van der Waals surface area contributed by atoms with E-state index in [0.29, 0.717) is 84.3 Å². The van der Waals surface area contributed by atoms with E-state index in [0.717, 1.165) is 48.1 Å². The van der Waals surface area contributed by atoms with Crippen molar-refractivity contribution < 1.29 is 46.3 Å². The monoisotopic (exact) mass is 1250 g/mol. The number of ether oxygens (including phenoxy) is 1. The summed E-state index contributed by atoms with van der Waals surface area (Å²) in [6.07, 6.45) is 6.79. The molecule has 1 amide bonds. The molecule has 3 aliphatic rings. The Labute approximate surface area is 484 Å². The SMILES string of the molecule is CC(C)N(C[C@H]1O[C@@H](n2cnc3c(N[I-]N[C@H](Cc4ccccc4)C(=O)N4C/C(=C\c5ccc(Cl)c(Cl)c5)C(=O)/C(=C/c5ccc(Cl)c(Cl)c5)C4)ncnc32)C(O)C1O)C1CC(CCc2nc3ccc(C(C)(C)C)cc3[nH]2)C1. The smallest absolute Gasteiger partial charge is 0.342 e. The number of carbonyl (C=O) groups is 2. The molecule has 0 bridgehead atoms. The number of nitrogens with zero attached hydrogens (tertiary/aromatic N) is 7. The van der Waals surface area contributed by atoms with Crippen LogP contribution >= 0.6 is 46.4 Å². The topological polar surface area (TPSA) is 187 Å². The van der Waals surface area contributed by atoms with Gasteiger partial charge in [-0.3, -0.25) is 0 Å². The molecule has 15 nitrogen and oxygen atoms in total. The van der Waals surface area contributed by atoms with Crippen LogP contribution in [0.25, 0.3) is 34.3 Å². The summed E-state index contributed by atoms with van der Waals surface area (Å²) in [4.78, 5) is 55.4. The normalized spacial score (nSPS) is 22.4. The first-order valence-electron chi connectivity index (χ1n) is 26.1. The Balaban J connectivity index is 0.803. The molecule has 410 valence electrons. The fourth-order valence-electron chi connectivity index (χ4n) is 10.6. The van der Waals surface area contributed by atoms with Gasteiger partial charge in [0.1, 0.15) is 5.82 Å². The van der Waals surface area contributed by atoms with Crippen LogP contribution in [0.2, 0.25) is 20.1 Å². The van der Waals surface area contributed by atoms with Gasteiger partial charge in [-0.1, -0.05) is 26.8 Å². The number of aryl methyl sites for hydroxylation is 1.